The zero-order valence-electron chi connectivity index (χ0n) is 12.6. The second-order valence-corrected chi connectivity index (χ2v) is 6.71. The summed E-state index contributed by atoms with van der Waals surface area (Å²) in [6.45, 7) is 4.25. The zero-order chi connectivity index (χ0) is 15.6. The van der Waals surface area contributed by atoms with Crippen LogP contribution in [0.1, 0.15) is 23.2 Å². The summed E-state index contributed by atoms with van der Waals surface area (Å²) in [6.07, 6.45) is 6.89. The van der Waals surface area contributed by atoms with Crippen molar-refractivity contribution in [3.8, 4) is 0 Å². The standard InChI is InChI=1S/C14H17N7OS/c22-12(10-6-15-9-16-7-10)17-13-18-19-14(23-13)21-5-4-20-3-1-2-11(20)8-21/h6-7,9,11H,1-5,8H2,(H,17,18,22)/t11-/m0/s1. The molecule has 4 heterocycles. The Morgan fingerprint density at radius 3 is 2.96 bits per heavy atom. The highest BCUT2D eigenvalue weighted by atomic mass is 32.1. The van der Waals surface area contributed by atoms with Crippen LogP contribution in [0.4, 0.5) is 10.3 Å². The van der Waals surface area contributed by atoms with E-state index in [1.54, 1.807) is 0 Å². The molecule has 1 N–H and O–H groups in total. The van der Waals surface area contributed by atoms with E-state index in [0.717, 1.165) is 24.8 Å². The van der Waals surface area contributed by atoms with Crippen molar-refractivity contribution < 1.29 is 4.79 Å². The molecule has 9 heteroatoms. The third-order valence-corrected chi connectivity index (χ3v) is 5.21. The number of aromatic nitrogens is 4. The smallest absolute Gasteiger partial charge is 0.260 e. The number of nitrogens with zero attached hydrogens (tertiary/aromatic N) is 6. The van der Waals surface area contributed by atoms with Crippen molar-refractivity contribution in [2.24, 2.45) is 0 Å². The van der Waals surface area contributed by atoms with Gasteiger partial charge in [0.25, 0.3) is 5.91 Å². The average molecular weight is 331 g/mol. The van der Waals surface area contributed by atoms with Crippen LogP contribution in [0.2, 0.25) is 0 Å². The molecular weight excluding hydrogens is 314 g/mol. The maximum Gasteiger partial charge on any atom is 0.260 e. The Bertz CT molecular complexity index is 691. The molecule has 2 aliphatic rings. The molecule has 23 heavy (non-hydrogen) atoms. The van der Waals surface area contributed by atoms with Crippen molar-refractivity contribution >= 4 is 27.5 Å². The van der Waals surface area contributed by atoms with Gasteiger partial charge < -0.3 is 4.90 Å². The molecule has 2 saturated heterocycles. The molecular formula is C14H17N7OS. The predicted octanol–water partition coefficient (Wildman–Crippen LogP) is 0.865. The normalized spacial score (nSPS) is 21.2. The van der Waals surface area contributed by atoms with E-state index in [1.807, 2.05) is 0 Å². The van der Waals surface area contributed by atoms with Crippen LogP contribution < -0.4 is 10.2 Å². The molecule has 1 atom stereocenters. The Labute approximate surface area is 137 Å². The van der Waals surface area contributed by atoms with E-state index in [4.69, 9.17) is 0 Å². The van der Waals surface area contributed by atoms with Crippen molar-refractivity contribution in [3.63, 3.8) is 0 Å². The van der Waals surface area contributed by atoms with Crippen LogP contribution in [0.3, 0.4) is 0 Å². The lowest BCUT2D eigenvalue weighted by molar-refractivity contribution is 0.102. The van der Waals surface area contributed by atoms with Gasteiger partial charge in [-0.3, -0.25) is 15.0 Å². The number of hydrogen-bond acceptors (Lipinski definition) is 8. The molecule has 2 aliphatic heterocycles. The van der Waals surface area contributed by atoms with Crippen molar-refractivity contribution in [1.29, 1.82) is 0 Å². The molecule has 0 radical (unpaired) electrons. The summed E-state index contributed by atoms with van der Waals surface area (Å²) in [4.78, 5) is 24.6. The van der Waals surface area contributed by atoms with Gasteiger partial charge in [-0.15, -0.1) is 10.2 Å². The molecule has 8 nitrogen and oxygen atoms in total. The molecule has 0 aromatic carbocycles. The Morgan fingerprint density at radius 1 is 1.22 bits per heavy atom. The van der Waals surface area contributed by atoms with E-state index < -0.39 is 0 Å². The molecule has 0 aliphatic carbocycles. The molecule has 0 unspecified atom stereocenters. The van der Waals surface area contributed by atoms with Crippen LogP contribution in [-0.4, -0.2) is 63.2 Å². The van der Waals surface area contributed by atoms with Crippen molar-refractivity contribution in [3.05, 3.63) is 24.3 Å². The lowest BCUT2D eigenvalue weighted by Crippen LogP contribution is -2.50. The number of hydrogen-bond donors (Lipinski definition) is 1. The fourth-order valence-electron chi connectivity index (χ4n) is 3.14. The Hall–Kier alpha value is -2.13. The topological polar surface area (TPSA) is 87.1 Å². The van der Waals surface area contributed by atoms with Crippen molar-refractivity contribution in [1.82, 2.24) is 25.1 Å². The third kappa shape index (κ3) is 3.02. The summed E-state index contributed by atoms with van der Waals surface area (Å²) in [7, 11) is 0. The molecule has 120 valence electrons. The molecule has 2 aromatic heterocycles. The molecule has 2 fully saturated rings. The van der Waals surface area contributed by atoms with E-state index in [1.165, 1.54) is 49.4 Å². The van der Waals surface area contributed by atoms with Gasteiger partial charge in [0.15, 0.2) is 0 Å². The number of rotatable bonds is 3. The second kappa shape index (κ2) is 6.17. The summed E-state index contributed by atoms with van der Waals surface area (Å²) in [6, 6.07) is 0.632. The summed E-state index contributed by atoms with van der Waals surface area (Å²) >= 11 is 1.41. The van der Waals surface area contributed by atoms with Crippen LogP contribution in [0.5, 0.6) is 0 Å². The Kier molecular flexibility index (Phi) is 3.88. The minimum atomic E-state index is -0.270. The average Bonchev–Trinajstić information content (AvgIpc) is 3.23. The first-order valence-electron chi connectivity index (χ1n) is 7.68. The van der Waals surface area contributed by atoms with Crippen LogP contribution >= 0.6 is 11.3 Å². The summed E-state index contributed by atoms with van der Waals surface area (Å²) in [5, 5.41) is 12.4. The number of amides is 1. The van der Waals surface area contributed by atoms with Gasteiger partial charge in [-0.05, 0) is 19.4 Å². The number of anilines is 2. The van der Waals surface area contributed by atoms with E-state index in [9.17, 15) is 4.79 Å². The van der Waals surface area contributed by atoms with Gasteiger partial charge in [-0.1, -0.05) is 11.3 Å². The quantitative estimate of drug-likeness (QED) is 0.892. The third-order valence-electron chi connectivity index (χ3n) is 4.32. The van der Waals surface area contributed by atoms with Crippen molar-refractivity contribution in [2.75, 3.05) is 36.4 Å². The predicted molar refractivity (Wildman–Crippen MR) is 86.7 cm³/mol. The first-order chi connectivity index (χ1) is 11.3. The monoisotopic (exact) mass is 331 g/mol. The SMILES string of the molecule is O=C(Nc1nnc(N2CCN3CCC[C@H]3C2)s1)c1cncnc1. The highest BCUT2D eigenvalue weighted by molar-refractivity contribution is 7.19. The van der Waals surface area contributed by atoms with E-state index in [0.29, 0.717) is 16.7 Å². The maximum atomic E-state index is 12.1. The largest absolute Gasteiger partial charge is 0.344 e. The lowest BCUT2D eigenvalue weighted by Gasteiger charge is -2.37. The molecule has 1 amide bonds. The summed E-state index contributed by atoms with van der Waals surface area (Å²) < 4.78 is 0. The maximum absolute atomic E-state index is 12.1. The van der Waals surface area contributed by atoms with Gasteiger partial charge in [0, 0.05) is 38.1 Å². The Morgan fingerprint density at radius 2 is 2.09 bits per heavy atom. The molecule has 2 aromatic rings. The Balaban J connectivity index is 1.42. The molecule has 0 spiro atoms. The fraction of sp³-hybridized carbons (Fsp3) is 0.500. The minimum absolute atomic E-state index is 0.270. The number of fused-ring (bicyclic) bond motifs is 1. The van der Waals surface area contributed by atoms with Gasteiger partial charge in [-0.25, -0.2) is 9.97 Å². The van der Waals surface area contributed by atoms with Crippen molar-refractivity contribution in [2.45, 2.75) is 18.9 Å². The van der Waals surface area contributed by atoms with E-state index in [-0.39, 0.29) is 5.91 Å². The highest BCUT2D eigenvalue weighted by Crippen LogP contribution is 2.29. The number of nitrogens with one attached hydrogen (secondary N) is 1. The molecule has 0 bridgehead atoms. The van der Waals surface area contributed by atoms with Gasteiger partial charge in [0.1, 0.15) is 6.33 Å². The van der Waals surface area contributed by atoms with Crippen LogP contribution in [0, 0.1) is 0 Å². The summed E-state index contributed by atoms with van der Waals surface area (Å²) in [5.74, 6) is -0.270. The number of carbonyl (C=O) groups excluding carboxylic acids is 1. The van der Waals surface area contributed by atoms with Crippen LogP contribution in [-0.2, 0) is 0 Å². The second-order valence-electron chi connectivity index (χ2n) is 5.75. The lowest BCUT2D eigenvalue weighted by atomic mass is 10.2. The zero-order valence-corrected chi connectivity index (χ0v) is 13.4. The molecule has 0 saturated carbocycles. The first kappa shape index (κ1) is 14.5. The van der Waals surface area contributed by atoms with Gasteiger partial charge in [0.2, 0.25) is 10.3 Å². The number of carbonyl (C=O) groups is 1. The molecule has 4 rings (SSSR count). The summed E-state index contributed by atoms with van der Waals surface area (Å²) in [5.41, 5.74) is 0.406. The van der Waals surface area contributed by atoms with Gasteiger partial charge in [-0.2, -0.15) is 0 Å². The fourth-order valence-corrected chi connectivity index (χ4v) is 3.92. The van der Waals surface area contributed by atoms with Gasteiger partial charge >= 0.3 is 0 Å². The number of piperazine rings is 1. The first-order valence-corrected chi connectivity index (χ1v) is 8.50. The highest BCUT2D eigenvalue weighted by Gasteiger charge is 2.31. The van der Waals surface area contributed by atoms with Gasteiger partial charge in [0.05, 0.1) is 5.56 Å². The van der Waals surface area contributed by atoms with Crippen LogP contribution in [0.15, 0.2) is 18.7 Å². The minimum Gasteiger partial charge on any atom is -0.344 e. The van der Waals surface area contributed by atoms with E-state index >= 15 is 0 Å². The van der Waals surface area contributed by atoms with E-state index in [2.05, 4.69) is 35.3 Å². The van der Waals surface area contributed by atoms with Crippen LogP contribution in [0.25, 0.3) is 0 Å².